The molecular weight excluding hydrogens is 180 g/mol. The number of hydrogen-bond donors (Lipinski definition) is 1. The molecule has 1 saturated heterocycles. The van der Waals surface area contributed by atoms with Gasteiger partial charge < -0.3 is 15.4 Å². The molecule has 2 atom stereocenters. The summed E-state index contributed by atoms with van der Waals surface area (Å²) in [6.45, 7) is 5.40. The lowest BCUT2D eigenvalue weighted by Crippen LogP contribution is -2.45. The zero-order valence-electron chi connectivity index (χ0n) is 9.19. The predicted molar refractivity (Wildman–Crippen MR) is 54.8 cm³/mol. The number of likely N-dealkylation sites (tertiary alicyclic amines) is 1. The molecule has 2 N–H and O–H groups in total. The molecule has 82 valence electrons. The molecule has 1 heterocycles. The van der Waals surface area contributed by atoms with Crippen molar-refractivity contribution in [2.75, 3.05) is 20.2 Å². The number of carbonyl (C=O) groups excluding carboxylic acids is 1. The van der Waals surface area contributed by atoms with Crippen LogP contribution in [0.15, 0.2) is 0 Å². The van der Waals surface area contributed by atoms with E-state index in [-0.39, 0.29) is 24.0 Å². The van der Waals surface area contributed by atoms with Crippen LogP contribution in [0, 0.1) is 5.92 Å². The number of methoxy groups -OCH3 is 1. The van der Waals surface area contributed by atoms with Crippen LogP contribution < -0.4 is 5.73 Å². The van der Waals surface area contributed by atoms with Crippen molar-refractivity contribution in [3.8, 4) is 0 Å². The Morgan fingerprint density at radius 1 is 1.57 bits per heavy atom. The molecule has 1 aliphatic rings. The molecule has 0 aliphatic carbocycles. The molecule has 0 radical (unpaired) electrons. The van der Waals surface area contributed by atoms with Crippen molar-refractivity contribution in [2.24, 2.45) is 11.7 Å². The van der Waals surface area contributed by atoms with E-state index < -0.39 is 0 Å². The smallest absolute Gasteiger partial charge is 0.239 e. The Hall–Kier alpha value is -0.610. The molecular formula is C10H20N2O2. The fraction of sp³-hybridized carbons (Fsp3) is 0.900. The highest BCUT2D eigenvalue weighted by Gasteiger charge is 2.30. The Labute approximate surface area is 85.4 Å². The molecule has 1 aliphatic heterocycles. The molecule has 0 aromatic heterocycles. The highest BCUT2D eigenvalue weighted by atomic mass is 16.5. The molecule has 0 saturated carbocycles. The van der Waals surface area contributed by atoms with Gasteiger partial charge in [0, 0.05) is 20.2 Å². The molecule has 1 fully saturated rings. The second-order valence-corrected chi connectivity index (χ2v) is 4.20. The van der Waals surface area contributed by atoms with Crippen molar-refractivity contribution in [2.45, 2.75) is 32.4 Å². The summed E-state index contributed by atoms with van der Waals surface area (Å²) < 4.78 is 5.20. The van der Waals surface area contributed by atoms with E-state index in [1.807, 2.05) is 13.8 Å². The number of amides is 1. The van der Waals surface area contributed by atoms with Crippen molar-refractivity contribution in [1.82, 2.24) is 4.90 Å². The van der Waals surface area contributed by atoms with Gasteiger partial charge in [-0.3, -0.25) is 4.79 Å². The lowest BCUT2D eigenvalue weighted by molar-refractivity contribution is -0.132. The Morgan fingerprint density at radius 2 is 2.21 bits per heavy atom. The summed E-state index contributed by atoms with van der Waals surface area (Å²) in [6, 6.07) is -0.370. The van der Waals surface area contributed by atoms with Crippen molar-refractivity contribution in [3.05, 3.63) is 0 Å². The molecule has 4 heteroatoms. The van der Waals surface area contributed by atoms with Crippen LogP contribution in [0.4, 0.5) is 0 Å². The number of ether oxygens (including phenoxy) is 1. The first-order valence-electron chi connectivity index (χ1n) is 5.13. The minimum absolute atomic E-state index is 0.0551. The van der Waals surface area contributed by atoms with Gasteiger partial charge in [-0.2, -0.15) is 0 Å². The van der Waals surface area contributed by atoms with Gasteiger partial charge in [-0.1, -0.05) is 13.8 Å². The molecule has 0 bridgehead atoms. The first-order chi connectivity index (χ1) is 6.56. The average Bonchev–Trinajstić information content (AvgIpc) is 2.63. The average molecular weight is 200 g/mol. The summed E-state index contributed by atoms with van der Waals surface area (Å²) >= 11 is 0. The van der Waals surface area contributed by atoms with Gasteiger partial charge in [0.25, 0.3) is 0 Å². The van der Waals surface area contributed by atoms with Gasteiger partial charge in [0.05, 0.1) is 12.1 Å². The van der Waals surface area contributed by atoms with Gasteiger partial charge in [0.15, 0.2) is 0 Å². The number of carbonyl (C=O) groups is 1. The van der Waals surface area contributed by atoms with Crippen molar-refractivity contribution >= 4 is 5.91 Å². The molecule has 0 aromatic rings. The van der Waals surface area contributed by atoms with E-state index in [0.29, 0.717) is 6.54 Å². The highest BCUT2D eigenvalue weighted by Crippen LogP contribution is 2.14. The van der Waals surface area contributed by atoms with Crippen LogP contribution in [0.3, 0.4) is 0 Å². The minimum Gasteiger partial charge on any atom is -0.380 e. The summed E-state index contributed by atoms with van der Waals surface area (Å²) in [5.74, 6) is 0.253. The molecule has 4 nitrogen and oxygen atoms in total. The fourth-order valence-corrected chi connectivity index (χ4v) is 1.62. The summed E-state index contributed by atoms with van der Waals surface area (Å²) in [6.07, 6.45) is 1.12. The molecule has 0 aromatic carbocycles. The van der Waals surface area contributed by atoms with Crippen LogP contribution >= 0.6 is 0 Å². The van der Waals surface area contributed by atoms with Crippen LogP contribution in [0.2, 0.25) is 0 Å². The third-order valence-corrected chi connectivity index (χ3v) is 2.79. The second kappa shape index (κ2) is 4.75. The van der Waals surface area contributed by atoms with Gasteiger partial charge in [-0.15, -0.1) is 0 Å². The summed E-state index contributed by atoms with van der Waals surface area (Å²) in [5, 5.41) is 0. The normalized spacial score (nSPS) is 24.4. The van der Waals surface area contributed by atoms with Crippen molar-refractivity contribution in [1.29, 1.82) is 0 Å². The van der Waals surface area contributed by atoms with Gasteiger partial charge >= 0.3 is 0 Å². The second-order valence-electron chi connectivity index (χ2n) is 4.20. The van der Waals surface area contributed by atoms with E-state index in [1.165, 1.54) is 0 Å². The standard InChI is InChI=1S/C10H20N2O2/c1-7(2)9(11)10(13)12-5-4-8(6-12)14-3/h7-9H,4-6,11H2,1-3H3/t8-,9?/m0/s1. The van der Waals surface area contributed by atoms with E-state index in [2.05, 4.69) is 0 Å². The van der Waals surface area contributed by atoms with Gasteiger partial charge in [0.2, 0.25) is 5.91 Å². The molecule has 14 heavy (non-hydrogen) atoms. The summed E-state index contributed by atoms with van der Waals surface area (Å²) in [7, 11) is 1.68. The van der Waals surface area contributed by atoms with Crippen LogP contribution in [0.1, 0.15) is 20.3 Å². The summed E-state index contributed by atoms with van der Waals surface area (Å²) in [4.78, 5) is 13.6. The zero-order chi connectivity index (χ0) is 10.7. The lowest BCUT2D eigenvalue weighted by Gasteiger charge is -2.22. The van der Waals surface area contributed by atoms with Crippen LogP contribution in [0.5, 0.6) is 0 Å². The van der Waals surface area contributed by atoms with E-state index >= 15 is 0 Å². The third-order valence-electron chi connectivity index (χ3n) is 2.79. The van der Waals surface area contributed by atoms with Gasteiger partial charge in [-0.05, 0) is 12.3 Å². The van der Waals surface area contributed by atoms with E-state index in [4.69, 9.17) is 10.5 Å². The first kappa shape index (κ1) is 11.5. The minimum atomic E-state index is -0.370. The van der Waals surface area contributed by atoms with E-state index in [0.717, 1.165) is 13.0 Å². The first-order valence-corrected chi connectivity index (χ1v) is 5.13. The largest absolute Gasteiger partial charge is 0.380 e. The van der Waals surface area contributed by atoms with Gasteiger partial charge in [0.1, 0.15) is 0 Å². The Balaban J connectivity index is 2.47. The predicted octanol–water partition coefficient (Wildman–Crippen LogP) is 0.217. The van der Waals surface area contributed by atoms with Crippen LogP contribution in [0.25, 0.3) is 0 Å². The SMILES string of the molecule is CO[C@H]1CCN(C(=O)C(N)C(C)C)C1. The third kappa shape index (κ3) is 2.45. The molecule has 1 amide bonds. The number of hydrogen-bond acceptors (Lipinski definition) is 3. The maximum absolute atomic E-state index is 11.8. The maximum Gasteiger partial charge on any atom is 0.239 e. The monoisotopic (exact) mass is 200 g/mol. The number of rotatable bonds is 3. The molecule has 0 spiro atoms. The van der Waals surface area contributed by atoms with Gasteiger partial charge in [-0.25, -0.2) is 0 Å². The Morgan fingerprint density at radius 3 is 2.64 bits per heavy atom. The Kier molecular flexibility index (Phi) is 3.89. The van der Waals surface area contributed by atoms with E-state index in [1.54, 1.807) is 12.0 Å². The van der Waals surface area contributed by atoms with E-state index in [9.17, 15) is 4.79 Å². The van der Waals surface area contributed by atoms with Crippen molar-refractivity contribution in [3.63, 3.8) is 0 Å². The zero-order valence-corrected chi connectivity index (χ0v) is 9.19. The Bertz CT molecular complexity index is 206. The quantitative estimate of drug-likeness (QED) is 0.709. The molecule has 1 unspecified atom stereocenters. The topological polar surface area (TPSA) is 55.6 Å². The number of nitrogens with zero attached hydrogens (tertiary/aromatic N) is 1. The summed E-state index contributed by atoms with van der Waals surface area (Å²) in [5.41, 5.74) is 5.79. The van der Waals surface area contributed by atoms with Crippen LogP contribution in [-0.2, 0) is 9.53 Å². The lowest BCUT2D eigenvalue weighted by atomic mass is 10.0. The fourth-order valence-electron chi connectivity index (χ4n) is 1.62. The highest BCUT2D eigenvalue weighted by molar-refractivity contribution is 5.82. The van der Waals surface area contributed by atoms with Crippen molar-refractivity contribution < 1.29 is 9.53 Å². The maximum atomic E-state index is 11.8. The molecule has 1 rings (SSSR count). The van der Waals surface area contributed by atoms with Crippen LogP contribution in [-0.4, -0.2) is 43.2 Å². The number of nitrogens with two attached hydrogens (primary N) is 1.